The first-order valence-electron chi connectivity index (χ1n) is 4.02. The molecule has 1 N–H and O–H groups in total. The van der Waals surface area contributed by atoms with Crippen molar-refractivity contribution in [1.82, 2.24) is 0 Å². The monoisotopic (exact) mass is 240 g/mol. The average Bonchev–Trinajstić information content (AvgIpc) is 2.26. The van der Waals surface area contributed by atoms with Crippen molar-refractivity contribution in [3.8, 4) is 6.07 Å². The van der Waals surface area contributed by atoms with Gasteiger partial charge in [0.1, 0.15) is 11.6 Å². The molecule has 0 unspecified atom stereocenters. The first-order chi connectivity index (χ1) is 7.51. The van der Waals surface area contributed by atoms with Crippen molar-refractivity contribution in [3.05, 3.63) is 38.9 Å². The lowest BCUT2D eigenvalue weighted by Crippen LogP contribution is -2.04. The summed E-state index contributed by atoms with van der Waals surface area (Å²) in [5, 5.41) is 28.1. The van der Waals surface area contributed by atoms with Gasteiger partial charge in [-0.1, -0.05) is 0 Å². The highest BCUT2D eigenvalue weighted by atomic mass is 35.5. The minimum absolute atomic E-state index is 0.111. The SMILES string of the molecule is N#Cc1cc(C(=O)O)c(CCl)cc1[N+](=O)[O-]. The van der Waals surface area contributed by atoms with Gasteiger partial charge in [0.25, 0.3) is 5.69 Å². The topological polar surface area (TPSA) is 104 Å². The molecule has 0 aliphatic carbocycles. The fourth-order valence-corrected chi connectivity index (χ4v) is 1.40. The molecule has 1 aromatic rings. The van der Waals surface area contributed by atoms with E-state index in [1.807, 2.05) is 0 Å². The van der Waals surface area contributed by atoms with Crippen molar-refractivity contribution < 1.29 is 14.8 Å². The maximum absolute atomic E-state index is 10.8. The molecule has 0 amide bonds. The van der Waals surface area contributed by atoms with Crippen LogP contribution >= 0.6 is 11.6 Å². The smallest absolute Gasteiger partial charge is 0.336 e. The number of benzene rings is 1. The number of nitro groups is 1. The molecule has 1 rings (SSSR count). The summed E-state index contributed by atoms with van der Waals surface area (Å²) in [6.45, 7) is 0. The van der Waals surface area contributed by atoms with Crippen molar-refractivity contribution in [2.75, 3.05) is 0 Å². The molecule has 0 saturated heterocycles. The van der Waals surface area contributed by atoms with Crippen LogP contribution in [0.3, 0.4) is 0 Å². The number of alkyl halides is 1. The lowest BCUT2D eigenvalue weighted by Gasteiger charge is -2.03. The molecule has 16 heavy (non-hydrogen) atoms. The largest absolute Gasteiger partial charge is 0.478 e. The summed E-state index contributed by atoms with van der Waals surface area (Å²) >= 11 is 5.48. The first kappa shape index (κ1) is 11.9. The number of hydrogen-bond acceptors (Lipinski definition) is 4. The van der Waals surface area contributed by atoms with Gasteiger partial charge in [0.05, 0.1) is 10.5 Å². The summed E-state index contributed by atoms with van der Waals surface area (Å²) in [5.41, 5.74) is -0.823. The van der Waals surface area contributed by atoms with Crippen LogP contribution in [0.2, 0.25) is 0 Å². The minimum atomic E-state index is -1.28. The third-order valence-electron chi connectivity index (χ3n) is 1.91. The maximum Gasteiger partial charge on any atom is 0.336 e. The number of nitriles is 1. The second kappa shape index (κ2) is 4.59. The third kappa shape index (κ3) is 2.10. The quantitative estimate of drug-likeness (QED) is 0.494. The van der Waals surface area contributed by atoms with E-state index in [1.54, 1.807) is 6.07 Å². The third-order valence-corrected chi connectivity index (χ3v) is 2.20. The molecule has 6 nitrogen and oxygen atoms in total. The molecule has 0 aliphatic heterocycles. The molecule has 0 bridgehead atoms. The number of aromatic carboxylic acids is 1. The van der Waals surface area contributed by atoms with Gasteiger partial charge in [-0.3, -0.25) is 10.1 Å². The number of rotatable bonds is 3. The van der Waals surface area contributed by atoms with Crippen molar-refractivity contribution in [2.45, 2.75) is 5.88 Å². The van der Waals surface area contributed by atoms with Crippen LogP contribution in [-0.4, -0.2) is 16.0 Å². The van der Waals surface area contributed by atoms with Crippen LogP contribution in [-0.2, 0) is 5.88 Å². The predicted molar refractivity (Wildman–Crippen MR) is 54.3 cm³/mol. The maximum atomic E-state index is 10.8. The molecule has 0 radical (unpaired) electrons. The Morgan fingerprint density at radius 2 is 2.25 bits per heavy atom. The van der Waals surface area contributed by atoms with Gasteiger partial charge in [-0.05, 0) is 11.6 Å². The second-order valence-electron chi connectivity index (χ2n) is 2.83. The Morgan fingerprint density at radius 3 is 2.62 bits per heavy atom. The number of carbonyl (C=O) groups is 1. The van der Waals surface area contributed by atoms with E-state index in [-0.39, 0.29) is 22.6 Å². The number of halogens is 1. The summed E-state index contributed by atoms with van der Waals surface area (Å²) in [6.07, 6.45) is 0. The number of nitro benzene ring substituents is 1. The molecular formula is C9H5ClN2O4. The van der Waals surface area contributed by atoms with Crippen LogP contribution in [0, 0.1) is 21.4 Å². The van der Waals surface area contributed by atoms with E-state index in [4.69, 9.17) is 22.0 Å². The van der Waals surface area contributed by atoms with Crippen molar-refractivity contribution in [3.63, 3.8) is 0 Å². The van der Waals surface area contributed by atoms with Crippen LogP contribution in [0.15, 0.2) is 12.1 Å². The Balaban J connectivity index is 3.54. The molecule has 0 spiro atoms. The zero-order chi connectivity index (χ0) is 12.3. The van der Waals surface area contributed by atoms with Crippen molar-refractivity contribution in [1.29, 1.82) is 5.26 Å². The van der Waals surface area contributed by atoms with Gasteiger partial charge in [-0.15, -0.1) is 11.6 Å². The number of hydrogen-bond donors (Lipinski definition) is 1. The molecular weight excluding hydrogens is 236 g/mol. The standard InChI is InChI=1S/C9H5ClN2O4/c10-3-5-2-8(12(15)16)6(4-11)1-7(5)9(13)14/h1-2H,3H2,(H,13,14). The van der Waals surface area contributed by atoms with E-state index < -0.39 is 16.6 Å². The van der Waals surface area contributed by atoms with Crippen molar-refractivity contribution >= 4 is 23.3 Å². The second-order valence-corrected chi connectivity index (χ2v) is 3.10. The molecule has 1 aromatic carbocycles. The Labute approximate surface area is 94.8 Å². The van der Waals surface area contributed by atoms with Gasteiger partial charge in [0.15, 0.2) is 0 Å². The van der Waals surface area contributed by atoms with Crippen LogP contribution in [0.1, 0.15) is 21.5 Å². The van der Waals surface area contributed by atoms with E-state index in [2.05, 4.69) is 0 Å². The minimum Gasteiger partial charge on any atom is -0.478 e. The van der Waals surface area contributed by atoms with E-state index in [1.165, 1.54) is 0 Å². The zero-order valence-electron chi connectivity index (χ0n) is 7.81. The van der Waals surface area contributed by atoms with Gasteiger partial charge < -0.3 is 5.11 Å². The fourth-order valence-electron chi connectivity index (χ4n) is 1.18. The van der Waals surface area contributed by atoms with Crippen LogP contribution in [0.4, 0.5) is 5.69 Å². The van der Waals surface area contributed by atoms with Crippen LogP contribution in [0.5, 0.6) is 0 Å². The molecule has 7 heteroatoms. The van der Waals surface area contributed by atoms with Gasteiger partial charge in [0, 0.05) is 11.9 Å². The van der Waals surface area contributed by atoms with E-state index in [9.17, 15) is 14.9 Å². The summed E-state index contributed by atoms with van der Waals surface area (Å²) in [6, 6.07) is 3.54. The molecule has 0 fully saturated rings. The molecule has 0 heterocycles. The number of carboxylic acids is 1. The molecule has 0 saturated carbocycles. The zero-order valence-corrected chi connectivity index (χ0v) is 8.56. The van der Waals surface area contributed by atoms with E-state index in [0.717, 1.165) is 12.1 Å². The lowest BCUT2D eigenvalue weighted by molar-refractivity contribution is -0.385. The van der Waals surface area contributed by atoms with Gasteiger partial charge in [0.2, 0.25) is 0 Å². The predicted octanol–water partition coefficient (Wildman–Crippen LogP) is 1.90. The Morgan fingerprint density at radius 1 is 1.62 bits per heavy atom. The summed E-state index contributed by atoms with van der Waals surface area (Å²) in [5.74, 6) is -1.45. The van der Waals surface area contributed by atoms with Gasteiger partial charge >= 0.3 is 5.97 Å². The summed E-state index contributed by atoms with van der Waals surface area (Å²) in [7, 11) is 0. The molecule has 0 atom stereocenters. The molecule has 82 valence electrons. The average molecular weight is 241 g/mol. The highest BCUT2D eigenvalue weighted by Gasteiger charge is 2.20. The first-order valence-corrected chi connectivity index (χ1v) is 4.55. The molecule has 0 aliphatic rings. The Kier molecular flexibility index (Phi) is 3.43. The van der Waals surface area contributed by atoms with Crippen molar-refractivity contribution in [2.24, 2.45) is 0 Å². The van der Waals surface area contributed by atoms with Crippen LogP contribution in [0.25, 0.3) is 0 Å². The van der Waals surface area contributed by atoms with Gasteiger partial charge in [-0.25, -0.2) is 4.79 Å². The van der Waals surface area contributed by atoms with E-state index in [0.29, 0.717) is 0 Å². The summed E-state index contributed by atoms with van der Waals surface area (Å²) in [4.78, 5) is 20.6. The Hall–Kier alpha value is -2.13. The Bertz CT molecular complexity index is 507. The number of carboxylic acid groups (broad SMARTS) is 1. The molecule has 0 aromatic heterocycles. The summed E-state index contributed by atoms with van der Waals surface area (Å²) < 4.78 is 0. The highest BCUT2D eigenvalue weighted by molar-refractivity contribution is 6.17. The van der Waals surface area contributed by atoms with E-state index >= 15 is 0 Å². The highest BCUT2D eigenvalue weighted by Crippen LogP contribution is 2.24. The van der Waals surface area contributed by atoms with Gasteiger partial charge in [-0.2, -0.15) is 5.26 Å². The normalized spacial score (nSPS) is 9.50. The lowest BCUT2D eigenvalue weighted by atomic mass is 10.0. The number of nitrogens with zero attached hydrogens (tertiary/aromatic N) is 2. The fraction of sp³-hybridized carbons (Fsp3) is 0.111. The van der Waals surface area contributed by atoms with Crippen LogP contribution < -0.4 is 0 Å².